The molecule has 21 heavy (non-hydrogen) atoms. The highest BCUT2D eigenvalue weighted by molar-refractivity contribution is 5.73. The van der Waals surface area contributed by atoms with Gasteiger partial charge in [-0.3, -0.25) is 4.79 Å². The van der Waals surface area contributed by atoms with Gasteiger partial charge < -0.3 is 9.94 Å². The minimum Gasteiger partial charge on any atom is -0.396 e. The molecule has 0 bridgehead atoms. The summed E-state index contributed by atoms with van der Waals surface area (Å²) in [6.07, 6.45) is 8.68. The molecule has 1 fully saturated rings. The first-order chi connectivity index (χ1) is 9.78. The fourth-order valence-corrected chi connectivity index (χ4v) is 3.74. The molecule has 0 saturated carbocycles. The maximum absolute atomic E-state index is 12.6. The number of nitrogens with zero attached hydrogens (tertiary/aromatic N) is 1. The molecule has 0 aromatic carbocycles. The van der Waals surface area contributed by atoms with Crippen LogP contribution in [0.25, 0.3) is 0 Å². The average molecular weight is 295 g/mol. The number of rotatable bonds is 3. The molecule has 0 amide bonds. The molecule has 1 aliphatic heterocycles. The molecule has 0 aromatic heterocycles. The van der Waals surface area contributed by atoms with Crippen molar-refractivity contribution in [1.82, 2.24) is 5.06 Å². The first-order valence-corrected chi connectivity index (χ1v) is 8.06. The van der Waals surface area contributed by atoms with Gasteiger partial charge in [-0.05, 0) is 65.7 Å². The predicted octanol–water partition coefficient (Wildman–Crippen LogP) is 3.06. The monoisotopic (exact) mass is 295 g/mol. The number of hydrogen-bond acceptors (Lipinski definition) is 4. The number of hydroxylamine groups is 2. The number of carbonyl (C=O) groups excluding carboxylic acids is 1. The van der Waals surface area contributed by atoms with Crippen molar-refractivity contribution in [2.45, 2.75) is 70.9 Å². The average Bonchev–Trinajstić information content (AvgIpc) is 2.42. The lowest BCUT2D eigenvalue weighted by atomic mass is 9.82. The Morgan fingerprint density at radius 3 is 2.33 bits per heavy atom. The fraction of sp³-hybridized carbons (Fsp3) is 0.824. The van der Waals surface area contributed by atoms with Crippen molar-refractivity contribution >= 4 is 5.97 Å². The molecule has 2 atom stereocenters. The largest absolute Gasteiger partial charge is 0.396 e. The molecule has 2 rings (SSSR count). The van der Waals surface area contributed by atoms with Crippen LogP contribution in [0.3, 0.4) is 0 Å². The Kier molecular flexibility index (Phi) is 4.79. The van der Waals surface area contributed by atoms with E-state index in [-0.39, 0.29) is 35.5 Å². The predicted molar refractivity (Wildman–Crippen MR) is 82.4 cm³/mol. The van der Waals surface area contributed by atoms with Crippen molar-refractivity contribution in [3.8, 4) is 0 Å². The van der Waals surface area contributed by atoms with Gasteiger partial charge in [0.1, 0.15) is 0 Å². The van der Waals surface area contributed by atoms with Crippen LogP contribution in [-0.2, 0) is 9.63 Å². The van der Waals surface area contributed by atoms with Gasteiger partial charge in [-0.1, -0.05) is 12.2 Å². The van der Waals surface area contributed by atoms with Crippen molar-refractivity contribution in [3.05, 3.63) is 12.2 Å². The van der Waals surface area contributed by atoms with Crippen molar-refractivity contribution in [2.24, 2.45) is 11.8 Å². The standard InChI is InChI=1S/C17H29NO3/c1-16(2)10-7-11-17(3,4)18(16)21-15(20)14-9-6-5-8-13(14)12-19/h5-6,13-14,19H,7-12H2,1-4H3. The molecular formula is C17H29NO3. The van der Waals surface area contributed by atoms with Gasteiger partial charge >= 0.3 is 5.97 Å². The van der Waals surface area contributed by atoms with Crippen molar-refractivity contribution in [3.63, 3.8) is 0 Å². The Balaban J connectivity index is 2.11. The van der Waals surface area contributed by atoms with E-state index < -0.39 is 0 Å². The number of hydrogen-bond donors (Lipinski definition) is 1. The van der Waals surface area contributed by atoms with E-state index in [9.17, 15) is 9.90 Å². The molecule has 120 valence electrons. The summed E-state index contributed by atoms with van der Waals surface area (Å²) in [6, 6.07) is 0. The number of carbonyl (C=O) groups is 1. The topological polar surface area (TPSA) is 49.8 Å². The van der Waals surface area contributed by atoms with E-state index in [0.717, 1.165) is 25.7 Å². The Morgan fingerprint density at radius 2 is 1.76 bits per heavy atom. The Hall–Kier alpha value is -0.870. The first kappa shape index (κ1) is 16.5. The third kappa shape index (κ3) is 3.49. The first-order valence-electron chi connectivity index (χ1n) is 8.06. The molecule has 0 aromatic rings. The van der Waals surface area contributed by atoms with E-state index in [1.54, 1.807) is 0 Å². The van der Waals surface area contributed by atoms with Gasteiger partial charge in [0.15, 0.2) is 0 Å². The molecule has 4 heteroatoms. The van der Waals surface area contributed by atoms with Gasteiger partial charge in [0.25, 0.3) is 0 Å². The van der Waals surface area contributed by atoms with Crippen LogP contribution in [0.15, 0.2) is 12.2 Å². The lowest BCUT2D eigenvalue weighted by Gasteiger charge is -2.50. The fourth-order valence-electron chi connectivity index (χ4n) is 3.74. The highest BCUT2D eigenvalue weighted by Gasteiger charge is 2.45. The van der Waals surface area contributed by atoms with Crippen molar-refractivity contribution in [1.29, 1.82) is 0 Å². The summed E-state index contributed by atoms with van der Waals surface area (Å²) in [5, 5.41) is 11.4. The lowest BCUT2D eigenvalue weighted by molar-refractivity contribution is -0.270. The Bertz CT molecular complexity index is 398. The molecule has 2 unspecified atom stereocenters. The zero-order chi connectivity index (χ0) is 15.7. The zero-order valence-corrected chi connectivity index (χ0v) is 13.8. The van der Waals surface area contributed by atoms with E-state index in [1.165, 1.54) is 0 Å². The van der Waals surface area contributed by atoms with E-state index in [0.29, 0.717) is 6.42 Å². The molecule has 1 saturated heterocycles. The van der Waals surface area contributed by atoms with Crippen molar-refractivity contribution < 1.29 is 14.7 Å². The SMILES string of the molecule is CC1(C)CCCC(C)(C)N1OC(=O)C1CC=CCC1CO. The van der Waals surface area contributed by atoms with Crippen LogP contribution >= 0.6 is 0 Å². The van der Waals surface area contributed by atoms with Crippen LogP contribution in [0, 0.1) is 11.8 Å². The summed E-state index contributed by atoms with van der Waals surface area (Å²) < 4.78 is 0. The van der Waals surface area contributed by atoms with Crippen LogP contribution in [0.1, 0.15) is 59.8 Å². The Morgan fingerprint density at radius 1 is 1.19 bits per heavy atom. The van der Waals surface area contributed by atoms with E-state index in [2.05, 4.69) is 27.7 Å². The molecule has 2 aliphatic rings. The normalized spacial score (nSPS) is 31.9. The minimum absolute atomic E-state index is 0.0153. The maximum Gasteiger partial charge on any atom is 0.328 e. The number of aliphatic hydroxyl groups excluding tert-OH is 1. The third-order valence-electron chi connectivity index (χ3n) is 4.96. The summed E-state index contributed by atoms with van der Waals surface area (Å²) in [5.41, 5.74) is -0.284. The summed E-state index contributed by atoms with van der Waals surface area (Å²) in [7, 11) is 0. The summed E-state index contributed by atoms with van der Waals surface area (Å²) >= 11 is 0. The summed E-state index contributed by atoms with van der Waals surface area (Å²) in [5.74, 6) is -0.437. The second kappa shape index (κ2) is 6.09. The quantitative estimate of drug-likeness (QED) is 0.813. The smallest absolute Gasteiger partial charge is 0.328 e. The van der Waals surface area contributed by atoms with Crippen molar-refractivity contribution in [2.75, 3.05) is 6.61 Å². The molecule has 0 spiro atoms. The van der Waals surface area contributed by atoms with Gasteiger partial charge in [0.05, 0.1) is 17.0 Å². The van der Waals surface area contributed by atoms with Crippen LogP contribution < -0.4 is 0 Å². The minimum atomic E-state index is -0.228. The molecule has 1 heterocycles. The van der Waals surface area contributed by atoms with Crippen LogP contribution in [0.4, 0.5) is 0 Å². The summed E-state index contributed by atoms with van der Waals surface area (Å²) in [4.78, 5) is 18.4. The van der Waals surface area contributed by atoms with Gasteiger partial charge in [-0.15, -0.1) is 5.06 Å². The van der Waals surface area contributed by atoms with Crippen LogP contribution in [-0.4, -0.2) is 33.8 Å². The second-order valence-electron chi connectivity index (χ2n) is 7.68. The molecule has 0 radical (unpaired) electrons. The zero-order valence-electron chi connectivity index (χ0n) is 13.8. The molecular weight excluding hydrogens is 266 g/mol. The lowest BCUT2D eigenvalue weighted by Crippen LogP contribution is -2.59. The highest BCUT2D eigenvalue weighted by atomic mass is 16.7. The second-order valence-corrected chi connectivity index (χ2v) is 7.68. The molecule has 1 N–H and O–H groups in total. The van der Waals surface area contributed by atoms with Crippen LogP contribution in [0.5, 0.6) is 0 Å². The number of allylic oxidation sites excluding steroid dienone is 2. The van der Waals surface area contributed by atoms with E-state index in [1.807, 2.05) is 17.2 Å². The van der Waals surface area contributed by atoms with Gasteiger partial charge in [0, 0.05) is 6.61 Å². The maximum atomic E-state index is 12.6. The van der Waals surface area contributed by atoms with Gasteiger partial charge in [-0.2, -0.15) is 0 Å². The summed E-state index contributed by atoms with van der Waals surface area (Å²) in [6.45, 7) is 8.56. The van der Waals surface area contributed by atoms with Gasteiger partial charge in [0.2, 0.25) is 0 Å². The third-order valence-corrected chi connectivity index (χ3v) is 4.96. The number of piperidine rings is 1. The number of aliphatic hydroxyl groups is 1. The van der Waals surface area contributed by atoms with Gasteiger partial charge in [-0.25, -0.2) is 0 Å². The van der Waals surface area contributed by atoms with E-state index >= 15 is 0 Å². The molecule has 1 aliphatic carbocycles. The molecule has 4 nitrogen and oxygen atoms in total. The Labute approximate surface area is 128 Å². The van der Waals surface area contributed by atoms with Crippen LogP contribution in [0.2, 0.25) is 0 Å². The van der Waals surface area contributed by atoms with E-state index in [4.69, 9.17) is 4.84 Å². The highest BCUT2D eigenvalue weighted by Crippen LogP contribution is 2.39.